The molecule has 3 atom stereocenters. The number of aliphatic hydroxyl groups is 1. The lowest BCUT2D eigenvalue weighted by atomic mass is 9.97. The summed E-state index contributed by atoms with van der Waals surface area (Å²) in [5.74, 6) is -0.927. The van der Waals surface area contributed by atoms with Gasteiger partial charge >= 0.3 is 5.97 Å². The maximum atomic E-state index is 13.1. The average Bonchev–Trinajstić information content (AvgIpc) is 3.11. The predicted molar refractivity (Wildman–Crippen MR) is 101 cm³/mol. The largest absolute Gasteiger partial charge is 0.463 e. The molecule has 2 amide bonds. The molecule has 2 N–H and O–H groups in total. The lowest BCUT2D eigenvalue weighted by Crippen LogP contribution is -2.44. The molecule has 152 valence electrons. The van der Waals surface area contributed by atoms with Crippen molar-refractivity contribution >= 4 is 17.8 Å². The third-order valence-electron chi connectivity index (χ3n) is 5.15. The summed E-state index contributed by atoms with van der Waals surface area (Å²) in [5.41, 5.74) is 0. The number of nitrogens with zero attached hydrogens (tertiary/aromatic N) is 1. The Hall–Kier alpha value is -1.89. The molecule has 0 aromatic carbocycles. The molecule has 0 aliphatic carbocycles. The molecule has 0 bridgehead atoms. The van der Waals surface area contributed by atoms with Crippen LogP contribution in [-0.4, -0.2) is 59.6 Å². The normalized spacial score (nSPS) is 26.1. The zero-order chi connectivity index (χ0) is 19.6. The summed E-state index contributed by atoms with van der Waals surface area (Å²) in [6.45, 7) is 2.46. The highest BCUT2D eigenvalue weighted by Gasteiger charge is 2.34. The molecule has 7 nitrogen and oxygen atoms in total. The monoisotopic (exact) mass is 380 g/mol. The van der Waals surface area contributed by atoms with Crippen molar-refractivity contribution in [2.75, 3.05) is 19.8 Å². The number of allylic oxidation sites excluding steroid dienone is 2. The molecule has 0 radical (unpaired) electrons. The van der Waals surface area contributed by atoms with E-state index >= 15 is 0 Å². The molecular weight excluding hydrogens is 348 g/mol. The second-order valence-corrected chi connectivity index (χ2v) is 7.52. The summed E-state index contributed by atoms with van der Waals surface area (Å²) in [4.78, 5) is 39.0. The number of rotatable bonds is 4. The number of nitrogens with one attached hydrogen (secondary N) is 1. The fraction of sp³-hybridized carbons (Fsp3) is 0.750. The SMILES string of the molecule is C[C@H](CO)NC(=O)C[C@H]1CC=CCCCCC(=O)OC[C@@H]2CCCN2C1=O. The van der Waals surface area contributed by atoms with Gasteiger partial charge in [0.1, 0.15) is 6.61 Å². The Morgan fingerprint density at radius 2 is 2.15 bits per heavy atom. The van der Waals surface area contributed by atoms with E-state index in [1.807, 2.05) is 12.2 Å². The van der Waals surface area contributed by atoms with Crippen molar-refractivity contribution in [1.82, 2.24) is 10.2 Å². The van der Waals surface area contributed by atoms with E-state index in [4.69, 9.17) is 9.84 Å². The highest BCUT2D eigenvalue weighted by atomic mass is 16.5. The lowest BCUT2D eigenvalue weighted by Gasteiger charge is -2.28. The van der Waals surface area contributed by atoms with Crippen molar-refractivity contribution in [2.24, 2.45) is 5.92 Å². The van der Waals surface area contributed by atoms with Gasteiger partial charge in [0, 0.05) is 25.4 Å². The van der Waals surface area contributed by atoms with Crippen LogP contribution in [0.15, 0.2) is 12.2 Å². The number of hydrogen-bond donors (Lipinski definition) is 2. The van der Waals surface area contributed by atoms with Crippen molar-refractivity contribution in [3.63, 3.8) is 0 Å². The minimum Gasteiger partial charge on any atom is -0.463 e. The molecule has 1 fully saturated rings. The first-order valence-corrected chi connectivity index (χ1v) is 10.0. The fourth-order valence-corrected chi connectivity index (χ4v) is 3.58. The summed E-state index contributed by atoms with van der Waals surface area (Å²) in [7, 11) is 0. The molecule has 27 heavy (non-hydrogen) atoms. The summed E-state index contributed by atoms with van der Waals surface area (Å²) in [6.07, 6.45) is 9.25. The maximum absolute atomic E-state index is 13.1. The second kappa shape index (κ2) is 11.1. The van der Waals surface area contributed by atoms with E-state index in [1.54, 1.807) is 11.8 Å². The molecule has 0 saturated carbocycles. The third kappa shape index (κ3) is 6.97. The van der Waals surface area contributed by atoms with Crippen LogP contribution in [0.3, 0.4) is 0 Å². The molecule has 2 rings (SSSR count). The Balaban J connectivity index is 2.09. The number of amides is 2. The lowest BCUT2D eigenvalue weighted by molar-refractivity contribution is -0.148. The molecule has 2 aliphatic heterocycles. The maximum Gasteiger partial charge on any atom is 0.305 e. The Labute approximate surface area is 161 Å². The van der Waals surface area contributed by atoms with E-state index in [9.17, 15) is 14.4 Å². The van der Waals surface area contributed by atoms with E-state index in [0.717, 1.165) is 32.1 Å². The molecule has 0 aromatic heterocycles. The predicted octanol–water partition coefficient (Wildman–Crippen LogP) is 1.54. The zero-order valence-corrected chi connectivity index (χ0v) is 16.2. The highest BCUT2D eigenvalue weighted by molar-refractivity contribution is 5.86. The van der Waals surface area contributed by atoms with E-state index < -0.39 is 5.92 Å². The number of fused-ring (bicyclic) bond motifs is 1. The Kier molecular flexibility index (Phi) is 8.78. The number of carbonyl (C=O) groups excluding carboxylic acids is 3. The van der Waals surface area contributed by atoms with Crippen LogP contribution < -0.4 is 5.32 Å². The molecule has 7 heteroatoms. The highest BCUT2D eigenvalue weighted by Crippen LogP contribution is 2.24. The fourth-order valence-electron chi connectivity index (χ4n) is 3.58. The first-order valence-electron chi connectivity index (χ1n) is 10.0. The summed E-state index contributed by atoms with van der Waals surface area (Å²) < 4.78 is 5.37. The molecule has 0 spiro atoms. The quantitative estimate of drug-likeness (QED) is 0.570. The van der Waals surface area contributed by atoms with Gasteiger partial charge in [0.05, 0.1) is 18.6 Å². The van der Waals surface area contributed by atoms with Crippen LogP contribution in [0.5, 0.6) is 0 Å². The van der Waals surface area contributed by atoms with Gasteiger partial charge in [-0.1, -0.05) is 12.2 Å². The Bertz CT molecular complexity index is 548. The van der Waals surface area contributed by atoms with E-state index in [0.29, 0.717) is 19.4 Å². The number of ether oxygens (including phenoxy) is 1. The van der Waals surface area contributed by atoms with Gasteiger partial charge in [0.15, 0.2) is 0 Å². The average molecular weight is 380 g/mol. The van der Waals surface area contributed by atoms with Crippen molar-refractivity contribution < 1.29 is 24.2 Å². The van der Waals surface area contributed by atoms with Crippen molar-refractivity contribution in [3.8, 4) is 0 Å². The van der Waals surface area contributed by atoms with Crippen LogP contribution in [-0.2, 0) is 19.1 Å². The van der Waals surface area contributed by atoms with Crippen LogP contribution in [0.1, 0.15) is 58.3 Å². The topological polar surface area (TPSA) is 95.9 Å². The van der Waals surface area contributed by atoms with Crippen molar-refractivity contribution in [2.45, 2.75) is 70.4 Å². The number of aliphatic hydroxyl groups excluding tert-OH is 1. The van der Waals surface area contributed by atoms with Crippen LogP contribution in [0, 0.1) is 5.92 Å². The Morgan fingerprint density at radius 3 is 2.93 bits per heavy atom. The Morgan fingerprint density at radius 1 is 1.33 bits per heavy atom. The molecule has 2 aliphatic rings. The van der Waals surface area contributed by atoms with Crippen LogP contribution >= 0.6 is 0 Å². The molecule has 0 unspecified atom stereocenters. The van der Waals surface area contributed by atoms with Gasteiger partial charge in [-0.05, 0) is 45.4 Å². The van der Waals surface area contributed by atoms with E-state index in [-0.39, 0.29) is 49.5 Å². The van der Waals surface area contributed by atoms with Gasteiger partial charge in [-0.25, -0.2) is 0 Å². The summed E-state index contributed by atoms with van der Waals surface area (Å²) in [5, 5.41) is 11.8. The number of carbonyl (C=O) groups is 3. The summed E-state index contributed by atoms with van der Waals surface area (Å²) >= 11 is 0. The molecule has 1 saturated heterocycles. The van der Waals surface area contributed by atoms with Crippen LogP contribution in [0.4, 0.5) is 0 Å². The molecule has 2 heterocycles. The van der Waals surface area contributed by atoms with Gasteiger partial charge in [-0.15, -0.1) is 0 Å². The third-order valence-corrected chi connectivity index (χ3v) is 5.15. The van der Waals surface area contributed by atoms with Crippen LogP contribution in [0.2, 0.25) is 0 Å². The smallest absolute Gasteiger partial charge is 0.305 e. The first kappa shape index (κ1) is 21.4. The minimum atomic E-state index is -0.439. The van der Waals surface area contributed by atoms with E-state index in [2.05, 4.69) is 5.32 Å². The van der Waals surface area contributed by atoms with Crippen molar-refractivity contribution in [3.05, 3.63) is 12.2 Å². The van der Waals surface area contributed by atoms with Gasteiger partial charge in [-0.2, -0.15) is 0 Å². The summed E-state index contributed by atoms with van der Waals surface area (Å²) in [6, 6.07) is -0.434. The number of esters is 1. The standard InChI is InChI=1S/C20H32N2O5/c1-15(13-23)21-18(24)12-16-8-5-3-2-4-6-10-19(25)27-14-17-9-7-11-22(17)20(16)26/h3,5,15-17,23H,2,4,6-14H2,1H3,(H,21,24)/t15-,16-,17+/m1/s1. The zero-order valence-electron chi connectivity index (χ0n) is 16.2. The van der Waals surface area contributed by atoms with Crippen molar-refractivity contribution in [1.29, 1.82) is 0 Å². The number of hydrogen-bond acceptors (Lipinski definition) is 5. The van der Waals surface area contributed by atoms with Gasteiger partial charge < -0.3 is 20.1 Å². The van der Waals surface area contributed by atoms with Crippen LogP contribution in [0.25, 0.3) is 0 Å². The molecule has 0 aromatic rings. The number of cyclic esters (lactones) is 1. The van der Waals surface area contributed by atoms with Gasteiger partial charge in [-0.3, -0.25) is 14.4 Å². The van der Waals surface area contributed by atoms with E-state index in [1.165, 1.54) is 0 Å². The van der Waals surface area contributed by atoms with Gasteiger partial charge in [0.25, 0.3) is 0 Å². The second-order valence-electron chi connectivity index (χ2n) is 7.52. The molecular formula is C20H32N2O5. The first-order chi connectivity index (χ1) is 13.0. The van der Waals surface area contributed by atoms with Gasteiger partial charge in [0.2, 0.25) is 11.8 Å². The minimum absolute atomic E-state index is 0.0536.